The number of rotatable bonds is 4. The van der Waals surface area contributed by atoms with E-state index in [1.165, 1.54) is 11.3 Å². The highest BCUT2D eigenvalue weighted by molar-refractivity contribution is 7.22. The van der Waals surface area contributed by atoms with Crippen LogP contribution in [-0.4, -0.2) is 17.0 Å². The van der Waals surface area contributed by atoms with Gasteiger partial charge in [-0.3, -0.25) is 10.1 Å². The molecule has 24 heavy (non-hydrogen) atoms. The number of hydrogen-bond donors (Lipinski definition) is 1. The molecule has 2 aromatic carbocycles. The van der Waals surface area contributed by atoms with E-state index in [-0.39, 0.29) is 5.91 Å². The van der Waals surface area contributed by atoms with E-state index in [0.29, 0.717) is 20.9 Å². The quantitative estimate of drug-likeness (QED) is 0.666. The van der Waals surface area contributed by atoms with Crippen LogP contribution >= 0.6 is 34.5 Å². The fraction of sp³-hybridized carbons (Fsp3) is 0.176. The summed E-state index contributed by atoms with van der Waals surface area (Å²) < 4.78 is 6.63. The largest absolute Gasteiger partial charge is 0.481 e. The van der Waals surface area contributed by atoms with Crippen molar-refractivity contribution in [1.82, 2.24) is 4.98 Å². The molecule has 4 nitrogen and oxygen atoms in total. The number of fused-ring (bicyclic) bond motifs is 1. The Morgan fingerprint density at radius 1 is 1.21 bits per heavy atom. The van der Waals surface area contributed by atoms with Gasteiger partial charge in [-0.05, 0) is 55.8 Å². The molecular formula is C17H14Cl2N2O2S. The van der Waals surface area contributed by atoms with Crippen LogP contribution in [-0.2, 0) is 4.79 Å². The van der Waals surface area contributed by atoms with Crippen LogP contribution in [0.4, 0.5) is 5.13 Å². The van der Waals surface area contributed by atoms with Gasteiger partial charge in [-0.2, -0.15) is 0 Å². The van der Waals surface area contributed by atoms with Gasteiger partial charge in [0.05, 0.1) is 10.2 Å². The first kappa shape index (κ1) is 17.0. The minimum absolute atomic E-state index is 0.269. The van der Waals surface area contributed by atoms with Crippen molar-refractivity contribution < 1.29 is 9.53 Å². The Morgan fingerprint density at radius 3 is 2.67 bits per heavy atom. The number of thiazole rings is 1. The van der Waals surface area contributed by atoms with Crippen molar-refractivity contribution in [3.05, 3.63) is 52.0 Å². The summed E-state index contributed by atoms with van der Waals surface area (Å²) in [5, 5.41) is 4.56. The number of anilines is 1. The predicted molar refractivity (Wildman–Crippen MR) is 99.5 cm³/mol. The van der Waals surface area contributed by atoms with Crippen LogP contribution < -0.4 is 10.1 Å². The molecule has 7 heteroatoms. The first-order valence-electron chi connectivity index (χ1n) is 7.22. The molecule has 0 bridgehead atoms. The molecule has 0 spiro atoms. The second-order valence-electron chi connectivity index (χ2n) is 5.29. The number of aromatic nitrogens is 1. The van der Waals surface area contributed by atoms with E-state index in [1.54, 1.807) is 31.2 Å². The summed E-state index contributed by atoms with van der Waals surface area (Å²) in [6.45, 7) is 3.57. The van der Waals surface area contributed by atoms with E-state index in [9.17, 15) is 4.79 Å². The van der Waals surface area contributed by atoms with Crippen LogP contribution in [0.3, 0.4) is 0 Å². The normalized spacial score (nSPS) is 12.2. The van der Waals surface area contributed by atoms with Crippen LogP contribution in [0.15, 0.2) is 36.4 Å². The van der Waals surface area contributed by atoms with E-state index >= 15 is 0 Å². The minimum atomic E-state index is -0.666. The molecule has 0 aliphatic heterocycles. The summed E-state index contributed by atoms with van der Waals surface area (Å²) in [5.74, 6) is 0.354. The Kier molecular flexibility index (Phi) is 4.94. The van der Waals surface area contributed by atoms with E-state index in [1.807, 2.05) is 19.1 Å². The molecule has 3 rings (SSSR count). The second-order valence-corrected chi connectivity index (χ2v) is 7.19. The number of aryl methyl sites for hydroxylation is 1. The van der Waals surface area contributed by atoms with Gasteiger partial charge in [-0.25, -0.2) is 4.98 Å². The summed E-state index contributed by atoms with van der Waals surface area (Å²) in [7, 11) is 0. The van der Waals surface area contributed by atoms with Gasteiger partial charge in [0.2, 0.25) is 0 Å². The predicted octanol–water partition coefficient (Wildman–Crippen LogP) is 5.32. The second kappa shape index (κ2) is 6.97. The maximum atomic E-state index is 12.3. The van der Waals surface area contributed by atoms with Crippen LogP contribution in [0, 0.1) is 6.92 Å². The van der Waals surface area contributed by atoms with E-state index in [4.69, 9.17) is 27.9 Å². The van der Waals surface area contributed by atoms with Gasteiger partial charge in [0.25, 0.3) is 5.91 Å². The lowest BCUT2D eigenvalue weighted by Gasteiger charge is -2.15. The Bertz CT molecular complexity index is 911. The van der Waals surface area contributed by atoms with E-state index < -0.39 is 6.10 Å². The topological polar surface area (TPSA) is 51.2 Å². The van der Waals surface area contributed by atoms with Crippen LogP contribution in [0.5, 0.6) is 5.75 Å². The average molecular weight is 381 g/mol. The zero-order valence-corrected chi connectivity index (χ0v) is 15.3. The lowest BCUT2D eigenvalue weighted by Crippen LogP contribution is -2.30. The zero-order chi connectivity index (χ0) is 17.3. The molecule has 0 radical (unpaired) electrons. The molecule has 0 fully saturated rings. The Balaban J connectivity index is 1.70. The summed E-state index contributed by atoms with van der Waals surface area (Å²) in [6.07, 6.45) is -0.666. The fourth-order valence-electron chi connectivity index (χ4n) is 2.15. The molecule has 0 saturated carbocycles. The SMILES string of the molecule is Cc1cc(Cl)ccc1O[C@H](C)C(=O)Nc1nc2ccc(Cl)cc2s1. The third kappa shape index (κ3) is 3.80. The van der Waals surface area contributed by atoms with Crippen LogP contribution in [0.1, 0.15) is 12.5 Å². The van der Waals surface area contributed by atoms with Crippen LogP contribution in [0.25, 0.3) is 10.2 Å². The van der Waals surface area contributed by atoms with Crippen LogP contribution in [0.2, 0.25) is 10.0 Å². The number of hydrogen-bond acceptors (Lipinski definition) is 4. The molecule has 1 heterocycles. The summed E-state index contributed by atoms with van der Waals surface area (Å²) in [5.41, 5.74) is 1.67. The summed E-state index contributed by atoms with van der Waals surface area (Å²) in [4.78, 5) is 16.7. The van der Waals surface area contributed by atoms with Crippen molar-refractivity contribution in [2.75, 3.05) is 5.32 Å². The Labute approximate surface area is 153 Å². The highest BCUT2D eigenvalue weighted by atomic mass is 35.5. The number of nitrogens with zero attached hydrogens (tertiary/aromatic N) is 1. The molecule has 0 saturated heterocycles. The number of amides is 1. The number of nitrogens with one attached hydrogen (secondary N) is 1. The van der Waals surface area contributed by atoms with Gasteiger partial charge in [-0.1, -0.05) is 34.5 Å². The van der Waals surface area contributed by atoms with Crippen molar-refractivity contribution in [2.45, 2.75) is 20.0 Å². The lowest BCUT2D eigenvalue weighted by molar-refractivity contribution is -0.122. The Morgan fingerprint density at radius 2 is 1.92 bits per heavy atom. The first-order valence-corrected chi connectivity index (χ1v) is 8.79. The van der Waals surface area contributed by atoms with Crippen molar-refractivity contribution >= 4 is 55.8 Å². The molecule has 1 atom stereocenters. The first-order chi connectivity index (χ1) is 11.4. The Hall–Kier alpha value is -1.82. The summed E-state index contributed by atoms with van der Waals surface area (Å²) >= 11 is 13.3. The average Bonchev–Trinajstić information content (AvgIpc) is 2.91. The van der Waals surface area contributed by atoms with Gasteiger partial charge < -0.3 is 4.74 Å². The van der Waals surface area contributed by atoms with Gasteiger partial charge >= 0.3 is 0 Å². The van der Waals surface area contributed by atoms with Crippen molar-refractivity contribution in [3.8, 4) is 5.75 Å². The number of carbonyl (C=O) groups is 1. The standard InChI is InChI=1S/C17H14Cl2N2O2S/c1-9-7-11(18)4-6-14(9)23-10(2)16(22)21-17-20-13-5-3-12(19)8-15(13)24-17/h3-8,10H,1-2H3,(H,20,21,22)/t10-/m1/s1. The molecule has 0 aliphatic rings. The number of halogens is 2. The molecule has 3 aromatic rings. The third-order valence-corrected chi connectivity index (χ3v) is 4.79. The third-order valence-electron chi connectivity index (χ3n) is 3.39. The molecule has 1 aromatic heterocycles. The number of ether oxygens (including phenoxy) is 1. The minimum Gasteiger partial charge on any atom is -0.481 e. The smallest absolute Gasteiger partial charge is 0.266 e. The number of carbonyl (C=O) groups excluding carboxylic acids is 1. The van der Waals surface area contributed by atoms with E-state index in [2.05, 4.69) is 10.3 Å². The molecule has 0 unspecified atom stereocenters. The van der Waals surface area contributed by atoms with Crippen molar-refractivity contribution in [3.63, 3.8) is 0 Å². The van der Waals surface area contributed by atoms with Crippen molar-refractivity contribution in [1.29, 1.82) is 0 Å². The monoisotopic (exact) mass is 380 g/mol. The highest BCUT2D eigenvalue weighted by Crippen LogP contribution is 2.28. The molecular weight excluding hydrogens is 367 g/mol. The maximum absolute atomic E-state index is 12.3. The molecule has 1 N–H and O–H groups in total. The van der Waals surface area contributed by atoms with Gasteiger partial charge in [0.1, 0.15) is 5.75 Å². The van der Waals surface area contributed by atoms with E-state index in [0.717, 1.165) is 15.8 Å². The molecule has 0 aliphatic carbocycles. The highest BCUT2D eigenvalue weighted by Gasteiger charge is 2.17. The van der Waals surface area contributed by atoms with Gasteiger partial charge in [0, 0.05) is 10.0 Å². The summed E-state index contributed by atoms with van der Waals surface area (Å²) in [6, 6.07) is 10.7. The van der Waals surface area contributed by atoms with Gasteiger partial charge in [-0.15, -0.1) is 0 Å². The van der Waals surface area contributed by atoms with Crippen molar-refractivity contribution in [2.24, 2.45) is 0 Å². The zero-order valence-electron chi connectivity index (χ0n) is 13.0. The fourth-order valence-corrected chi connectivity index (χ4v) is 3.52. The maximum Gasteiger partial charge on any atom is 0.266 e. The van der Waals surface area contributed by atoms with Gasteiger partial charge in [0.15, 0.2) is 11.2 Å². The lowest BCUT2D eigenvalue weighted by atomic mass is 10.2. The molecule has 124 valence electrons. The molecule has 1 amide bonds. The number of benzene rings is 2.